The lowest BCUT2D eigenvalue weighted by molar-refractivity contribution is -0.145. The highest BCUT2D eigenvalue weighted by atomic mass is 16.5. The maximum absolute atomic E-state index is 12.6. The summed E-state index contributed by atoms with van der Waals surface area (Å²) in [6.07, 6.45) is 0. The molecule has 0 aliphatic heterocycles. The van der Waals surface area contributed by atoms with E-state index >= 15 is 0 Å². The van der Waals surface area contributed by atoms with Gasteiger partial charge in [-0.15, -0.1) is 0 Å². The van der Waals surface area contributed by atoms with Crippen LogP contribution in [0.1, 0.15) is 58.2 Å². The van der Waals surface area contributed by atoms with E-state index in [1.54, 1.807) is 38.1 Å². The molecule has 2 aromatic rings. The van der Waals surface area contributed by atoms with Crippen molar-refractivity contribution in [2.75, 3.05) is 13.2 Å². The Morgan fingerprint density at radius 2 is 1.55 bits per heavy atom. The fourth-order valence-corrected chi connectivity index (χ4v) is 3.16. The molecule has 6 heteroatoms. The summed E-state index contributed by atoms with van der Waals surface area (Å²) < 4.78 is 10.6. The molecule has 1 atom stereocenters. The number of nitrogens with one attached hydrogen (secondary N) is 1. The maximum atomic E-state index is 12.6. The van der Waals surface area contributed by atoms with Crippen LogP contribution in [0.2, 0.25) is 0 Å². The Bertz CT molecular complexity index is 947. The smallest absolute Gasteiger partial charge is 0.329 e. The molecule has 166 valence electrons. The molecular weight excluding hydrogens is 394 g/mol. The van der Waals surface area contributed by atoms with Gasteiger partial charge in [0.2, 0.25) is 5.78 Å². The van der Waals surface area contributed by atoms with E-state index in [2.05, 4.69) is 5.32 Å². The van der Waals surface area contributed by atoms with E-state index in [0.717, 1.165) is 16.7 Å². The van der Waals surface area contributed by atoms with Crippen molar-refractivity contribution < 1.29 is 23.9 Å². The van der Waals surface area contributed by atoms with Crippen LogP contribution in [0.25, 0.3) is 0 Å². The minimum atomic E-state index is -0.868. The molecule has 0 bridgehead atoms. The van der Waals surface area contributed by atoms with Crippen molar-refractivity contribution in [1.29, 1.82) is 0 Å². The summed E-state index contributed by atoms with van der Waals surface area (Å²) in [5, 5.41) is 2.71. The first-order valence-electron chi connectivity index (χ1n) is 10.5. The Morgan fingerprint density at radius 1 is 0.935 bits per heavy atom. The van der Waals surface area contributed by atoms with Gasteiger partial charge in [-0.25, -0.2) is 4.79 Å². The van der Waals surface area contributed by atoms with Crippen LogP contribution in [0.4, 0.5) is 0 Å². The minimum Gasteiger partial charge on any atom is -0.494 e. The number of amides is 1. The Hall–Kier alpha value is -3.15. The van der Waals surface area contributed by atoms with Crippen LogP contribution >= 0.6 is 0 Å². The van der Waals surface area contributed by atoms with Gasteiger partial charge in [0.25, 0.3) is 5.91 Å². The lowest BCUT2D eigenvalue weighted by atomic mass is 9.98. The number of Topliss-reactive ketones (excluding diaryl/α,β-unsaturated/α-hetero) is 1. The van der Waals surface area contributed by atoms with Gasteiger partial charge in [-0.2, -0.15) is 0 Å². The van der Waals surface area contributed by atoms with E-state index in [4.69, 9.17) is 9.47 Å². The van der Waals surface area contributed by atoms with Gasteiger partial charge in [0.05, 0.1) is 6.61 Å². The zero-order valence-electron chi connectivity index (χ0n) is 19.1. The van der Waals surface area contributed by atoms with E-state index in [-0.39, 0.29) is 18.3 Å². The molecule has 0 aromatic heterocycles. The molecule has 31 heavy (non-hydrogen) atoms. The number of benzene rings is 2. The summed E-state index contributed by atoms with van der Waals surface area (Å²) >= 11 is 0. The lowest BCUT2D eigenvalue weighted by Crippen LogP contribution is -2.45. The van der Waals surface area contributed by atoms with Crippen LogP contribution in [-0.4, -0.2) is 36.9 Å². The normalized spacial score (nSPS) is 11.7. The fourth-order valence-electron chi connectivity index (χ4n) is 3.16. The molecule has 1 amide bonds. The molecule has 0 aliphatic rings. The lowest BCUT2D eigenvalue weighted by Gasteiger charge is -2.21. The largest absolute Gasteiger partial charge is 0.494 e. The Kier molecular flexibility index (Phi) is 8.37. The number of ketones is 1. The molecule has 6 nitrogen and oxygen atoms in total. The predicted octanol–water partition coefficient (Wildman–Crippen LogP) is 4.19. The Labute approximate surface area is 183 Å². The van der Waals surface area contributed by atoms with Crippen LogP contribution < -0.4 is 10.1 Å². The monoisotopic (exact) mass is 425 g/mol. The fraction of sp³-hybridized carbons (Fsp3) is 0.400. The quantitative estimate of drug-likeness (QED) is 0.481. The van der Waals surface area contributed by atoms with Crippen LogP contribution in [0.3, 0.4) is 0 Å². The van der Waals surface area contributed by atoms with Crippen LogP contribution in [0.5, 0.6) is 5.75 Å². The molecule has 0 unspecified atom stereocenters. The average molecular weight is 426 g/mol. The summed E-state index contributed by atoms with van der Waals surface area (Å²) in [4.78, 5) is 37.8. The zero-order chi connectivity index (χ0) is 23.1. The van der Waals surface area contributed by atoms with Gasteiger partial charge >= 0.3 is 5.97 Å². The van der Waals surface area contributed by atoms with Crippen LogP contribution in [-0.2, 0) is 9.53 Å². The molecule has 1 N–H and O–H groups in total. The number of rotatable bonds is 9. The highest BCUT2D eigenvalue weighted by Gasteiger charge is 2.27. The van der Waals surface area contributed by atoms with Crippen molar-refractivity contribution in [2.45, 2.75) is 47.6 Å². The number of hydrogen-bond donors (Lipinski definition) is 1. The van der Waals surface area contributed by atoms with E-state index in [1.807, 2.05) is 39.8 Å². The van der Waals surface area contributed by atoms with Gasteiger partial charge in [0, 0.05) is 11.1 Å². The summed E-state index contributed by atoms with van der Waals surface area (Å²) in [5.41, 5.74) is 3.89. The molecule has 0 aliphatic carbocycles. The average Bonchev–Trinajstić information content (AvgIpc) is 2.73. The number of aryl methyl sites for hydroxylation is 3. The first kappa shape index (κ1) is 24.1. The second-order valence-electron chi connectivity index (χ2n) is 7.93. The Balaban J connectivity index is 2.02. The number of hydrogen-bond acceptors (Lipinski definition) is 5. The molecule has 0 heterocycles. The molecule has 0 saturated heterocycles. The summed E-state index contributed by atoms with van der Waals surface area (Å²) in [7, 11) is 0. The number of esters is 1. The van der Waals surface area contributed by atoms with E-state index in [0.29, 0.717) is 23.5 Å². The molecule has 2 rings (SSSR count). The van der Waals surface area contributed by atoms with Gasteiger partial charge in [-0.1, -0.05) is 19.9 Å². The van der Waals surface area contributed by atoms with E-state index in [9.17, 15) is 14.4 Å². The molecule has 0 spiro atoms. The van der Waals surface area contributed by atoms with Gasteiger partial charge in [0.15, 0.2) is 6.61 Å². The second kappa shape index (κ2) is 10.8. The molecule has 0 saturated carbocycles. The van der Waals surface area contributed by atoms with Gasteiger partial charge < -0.3 is 14.8 Å². The molecule has 2 aromatic carbocycles. The highest BCUT2D eigenvalue weighted by molar-refractivity contribution is 6.00. The third kappa shape index (κ3) is 6.41. The third-order valence-corrected chi connectivity index (χ3v) is 5.12. The first-order chi connectivity index (χ1) is 14.6. The summed E-state index contributed by atoms with van der Waals surface area (Å²) in [6, 6.07) is 9.56. The highest BCUT2D eigenvalue weighted by Crippen LogP contribution is 2.17. The SMILES string of the molecule is CCOc1ccc(C(=O)N[C@H](C(=O)OCC(=O)c2cc(C)c(C)cc2C)C(C)C)cc1. The van der Waals surface area contributed by atoms with Crippen molar-refractivity contribution in [3.05, 3.63) is 64.2 Å². The second-order valence-corrected chi connectivity index (χ2v) is 7.93. The van der Waals surface area contributed by atoms with Gasteiger partial charge in [-0.3, -0.25) is 9.59 Å². The summed E-state index contributed by atoms with van der Waals surface area (Å²) in [5.74, 6) is -0.843. The van der Waals surface area contributed by atoms with Crippen molar-refractivity contribution in [1.82, 2.24) is 5.32 Å². The molecule has 0 radical (unpaired) electrons. The Morgan fingerprint density at radius 3 is 2.13 bits per heavy atom. The van der Waals surface area contributed by atoms with Crippen LogP contribution in [0, 0.1) is 26.7 Å². The van der Waals surface area contributed by atoms with Gasteiger partial charge in [0.1, 0.15) is 11.8 Å². The van der Waals surface area contributed by atoms with Crippen molar-refractivity contribution in [3.8, 4) is 5.75 Å². The zero-order valence-corrected chi connectivity index (χ0v) is 19.1. The topological polar surface area (TPSA) is 81.7 Å². The van der Waals surface area contributed by atoms with Crippen molar-refractivity contribution in [3.63, 3.8) is 0 Å². The first-order valence-corrected chi connectivity index (χ1v) is 10.5. The summed E-state index contributed by atoms with van der Waals surface area (Å²) in [6.45, 7) is 11.4. The maximum Gasteiger partial charge on any atom is 0.329 e. The third-order valence-electron chi connectivity index (χ3n) is 5.12. The van der Waals surface area contributed by atoms with Crippen LogP contribution in [0.15, 0.2) is 36.4 Å². The van der Waals surface area contributed by atoms with E-state index in [1.165, 1.54) is 0 Å². The molecule has 0 fully saturated rings. The van der Waals surface area contributed by atoms with Crippen molar-refractivity contribution in [2.24, 2.45) is 5.92 Å². The minimum absolute atomic E-state index is 0.211. The number of ether oxygens (including phenoxy) is 2. The number of carbonyl (C=O) groups is 3. The molecular formula is C25H31NO5. The number of carbonyl (C=O) groups excluding carboxylic acids is 3. The predicted molar refractivity (Wildman–Crippen MR) is 120 cm³/mol. The van der Waals surface area contributed by atoms with Crippen molar-refractivity contribution >= 4 is 17.7 Å². The standard InChI is InChI=1S/C25H31NO5/c1-7-30-20-10-8-19(9-11-20)24(28)26-23(15(2)3)25(29)31-14-22(27)21-13-17(5)16(4)12-18(21)6/h8-13,15,23H,7,14H2,1-6H3,(H,26,28)/t23-/m0/s1. The van der Waals surface area contributed by atoms with E-state index < -0.39 is 17.9 Å². The van der Waals surface area contributed by atoms with Gasteiger partial charge in [-0.05, 0) is 80.6 Å².